The summed E-state index contributed by atoms with van der Waals surface area (Å²) in [6.45, 7) is 0.888. The number of rotatable bonds is 3. The molecule has 0 amide bonds. The Morgan fingerprint density at radius 2 is 1.96 bits per heavy atom. The van der Waals surface area contributed by atoms with E-state index in [0.29, 0.717) is 0 Å². The van der Waals surface area contributed by atoms with Crippen molar-refractivity contribution in [2.45, 2.75) is 18.9 Å². The second-order valence-corrected chi connectivity index (χ2v) is 7.67. The summed E-state index contributed by atoms with van der Waals surface area (Å²) in [4.78, 5) is 11.2. The molecule has 1 aromatic carbocycles. The molecular formula is C21H17BrFN5. The molecule has 140 valence electrons. The number of halogens is 2. The van der Waals surface area contributed by atoms with E-state index >= 15 is 0 Å². The van der Waals surface area contributed by atoms with Gasteiger partial charge in [-0.3, -0.25) is 0 Å². The highest BCUT2D eigenvalue weighted by molar-refractivity contribution is 9.10. The van der Waals surface area contributed by atoms with Crippen molar-refractivity contribution in [1.29, 1.82) is 0 Å². The van der Waals surface area contributed by atoms with Gasteiger partial charge in [-0.25, -0.2) is 18.9 Å². The first-order valence-corrected chi connectivity index (χ1v) is 9.98. The van der Waals surface area contributed by atoms with Crippen LogP contribution in [0.2, 0.25) is 0 Å². The minimum absolute atomic E-state index is 0.122. The van der Waals surface area contributed by atoms with Crippen molar-refractivity contribution in [3.05, 3.63) is 76.8 Å². The molecule has 5 rings (SSSR count). The summed E-state index contributed by atoms with van der Waals surface area (Å²) >= 11 is 3.42. The molecule has 1 unspecified atom stereocenters. The summed E-state index contributed by atoms with van der Waals surface area (Å²) in [5, 5.41) is 4.85. The predicted molar refractivity (Wildman–Crippen MR) is 110 cm³/mol. The molecule has 5 nitrogen and oxygen atoms in total. The Labute approximate surface area is 170 Å². The molecule has 3 aromatic heterocycles. The van der Waals surface area contributed by atoms with Crippen LogP contribution in [-0.2, 0) is 0 Å². The normalized spacial score (nSPS) is 16.8. The lowest BCUT2D eigenvalue weighted by atomic mass is 10.0. The van der Waals surface area contributed by atoms with Gasteiger partial charge >= 0.3 is 0 Å². The first-order valence-electron chi connectivity index (χ1n) is 9.19. The van der Waals surface area contributed by atoms with Crippen molar-refractivity contribution in [2.24, 2.45) is 0 Å². The predicted octanol–water partition coefficient (Wildman–Crippen LogP) is 5.03. The Balaban J connectivity index is 1.57. The van der Waals surface area contributed by atoms with E-state index in [2.05, 4.69) is 30.8 Å². The summed E-state index contributed by atoms with van der Waals surface area (Å²) in [6, 6.07) is 16.7. The van der Waals surface area contributed by atoms with Gasteiger partial charge in [0.1, 0.15) is 21.9 Å². The van der Waals surface area contributed by atoms with Gasteiger partial charge in [-0.2, -0.15) is 0 Å². The second-order valence-electron chi connectivity index (χ2n) is 6.86. The average Bonchev–Trinajstić information content (AvgIpc) is 3.34. The molecule has 1 atom stereocenters. The van der Waals surface area contributed by atoms with Crippen molar-refractivity contribution in [1.82, 2.24) is 19.6 Å². The van der Waals surface area contributed by atoms with Crippen LogP contribution in [0.3, 0.4) is 0 Å². The van der Waals surface area contributed by atoms with Crippen molar-refractivity contribution in [2.75, 3.05) is 11.4 Å². The lowest BCUT2D eigenvalue weighted by molar-refractivity contribution is 0.617. The van der Waals surface area contributed by atoms with Gasteiger partial charge in [0, 0.05) is 6.54 Å². The number of nitrogens with zero attached hydrogens (tertiary/aromatic N) is 5. The van der Waals surface area contributed by atoms with E-state index < -0.39 is 0 Å². The van der Waals surface area contributed by atoms with E-state index in [-0.39, 0.29) is 11.9 Å². The van der Waals surface area contributed by atoms with Crippen molar-refractivity contribution >= 4 is 27.4 Å². The van der Waals surface area contributed by atoms with Gasteiger partial charge in [0.2, 0.25) is 0 Å². The van der Waals surface area contributed by atoms with Gasteiger partial charge in [-0.05, 0) is 70.7 Å². The molecule has 0 spiro atoms. The SMILES string of the molecule is Fc1cccc(C2CCCN2c2ccc3ncc(-c4cccc(Br)n4)n3n2)c1. The fourth-order valence-electron chi connectivity index (χ4n) is 3.84. The van der Waals surface area contributed by atoms with E-state index in [1.807, 2.05) is 40.9 Å². The molecule has 1 fully saturated rings. The summed E-state index contributed by atoms with van der Waals surface area (Å²) in [7, 11) is 0. The Kier molecular flexibility index (Phi) is 4.31. The van der Waals surface area contributed by atoms with Crippen LogP contribution in [0.15, 0.2) is 65.4 Å². The largest absolute Gasteiger partial charge is 0.348 e. The van der Waals surface area contributed by atoms with Crippen LogP contribution in [0.5, 0.6) is 0 Å². The molecule has 0 radical (unpaired) electrons. The maximum atomic E-state index is 13.7. The molecule has 0 saturated carbocycles. The van der Waals surface area contributed by atoms with Crippen LogP contribution in [0, 0.1) is 5.82 Å². The monoisotopic (exact) mass is 437 g/mol. The van der Waals surface area contributed by atoms with Crippen LogP contribution in [0.25, 0.3) is 17.0 Å². The van der Waals surface area contributed by atoms with Gasteiger partial charge in [0.05, 0.1) is 17.9 Å². The Hall–Kier alpha value is -2.80. The standard InChI is InChI=1S/C21H17BrFN5/c22-19-8-2-6-16(25-19)18-13-24-20-9-10-21(26-28(18)20)27-11-3-7-17(27)14-4-1-5-15(23)12-14/h1-2,4-6,8-10,12-13,17H,3,7,11H2. The number of fused-ring (bicyclic) bond motifs is 1. The third-order valence-electron chi connectivity index (χ3n) is 5.11. The molecule has 1 saturated heterocycles. The van der Waals surface area contributed by atoms with E-state index in [4.69, 9.17) is 5.10 Å². The first-order chi connectivity index (χ1) is 13.7. The molecular weight excluding hydrogens is 421 g/mol. The summed E-state index contributed by atoms with van der Waals surface area (Å²) in [6.07, 6.45) is 3.81. The van der Waals surface area contributed by atoms with Gasteiger partial charge < -0.3 is 4.90 Å². The maximum Gasteiger partial charge on any atom is 0.154 e. The lowest BCUT2D eigenvalue weighted by Gasteiger charge is -2.26. The smallest absolute Gasteiger partial charge is 0.154 e. The van der Waals surface area contributed by atoms with E-state index in [1.54, 1.807) is 18.3 Å². The summed E-state index contributed by atoms with van der Waals surface area (Å²) in [5.74, 6) is 0.652. The summed E-state index contributed by atoms with van der Waals surface area (Å²) in [5.41, 5.74) is 3.38. The van der Waals surface area contributed by atoms with Crippen LogP contribution in [-0.4, -0.2) is 26.1 Å². The maximum absolute atomic E-state index is 13.7. The number of aromatic nitrogens is 4. The van der Waals surface area contributed by atoms with E-state index in [1.165, 1.54) is 6.07 Å². The number of imidazole rings is 1. The summed E-state index contributed by atoms with van der Waals surface area (Å²) < 4.78 is 16.3. The lowest BCUT2D eigenvalue weighted by Crippen LogP contribution is -2.24. The highest BCUT2D eigenvalue weighted by atomic mass is 79.9. The molecule has 1 aliphatic heterocycles. The third-order valence-corrected chi connectivity index (χ3v) is 5.55. The third kappa shape index (κ3) is 3.05. The minimum Gasteiger partial charge on any atom is -0.348 e. The Morgan fingerprint density at radius 3 is 2.82 bits per heavy atom. The molecule has 7 heteroatoms. The number of anilines is 1. The second kappa shape index (κ2) is 6.98. The van der Waals surface area contributed by atoms with Crippen LogP contribution in [0.4, 0.5) is 10.2 Å². The molecule has 0 aliphatic carbocycles. The van der Waals surface area contributed by atoms with Crippen LogP contribution >= 0.6 is 15.9 Å². The number of hydrogen-bond acceptors (Lipinski definition) is 4. The highest BCUT2D eigenvalue weighted by Crippen LogP contribution is 2.35. The van der Waals surface area contributed by atoms with E-state index in [0.717, 1.165) is 52.4 Å². The average molecular weight is 438 g/mol. The first kappa shape index (κ1) is 17.3. The number of hydrogen-bond donors (Lipinski definition) is 0. The van der Waals surface area contributed by atoms with Gasteiger partial charge in [-0.15, -0.1) is 5.10 Å². The zero-order chi connectivity index (χ0) is 19.1. The number of pyridine rings is 1. The van der Waals surface area contributed by atoms with E-state index in [9.17, 15) is 4.39 Å². The van der Waals surface area contributed by atoms with Gasteiger partial charge in [0.15, 0.2) is 5.65 Å². The fraction of sp³-hybridized carbons (Fsp3) is 0.190. The van der Waals surface area contributed by atoms with Crippen LogP contribution < -0.4 is 4.90 Å². The molecule has 1 aliphatic rings. The van der Waals surface area contributed by atoms with Crippen molar-refractivity contribution in [3.63, 3.8) is 0 Å². The zero-order valence-corrected chi connectivity index (χ0v) is 16.6. The quantitative estimate of drug-likeness (QED) is 0.421. The molecule has 28 heavy (non-hydrogen) atoms. The molecule has 4 aromatic rings. The highest BCUT2D eigenvalue weighted by Gasteiger charge is 2.28. The topological polar surface area (TPSA) is 46.3 Å². The molecule has 0 bridgehead atoms. The Morgan fingerprint density at radius 1 is 1.07 bits per heavy atom. The van der Waals surface area contributed by atoms with Crippen LogP contribution in [0.1, 0.15) is 24.4 Å². The van der Waals surface area contributed by atoms with Gasteiger partial charge in [-0.1, -0.05) is 18.2 Å². The van der Waals surface area contributed by atoms with Gasteiger partial charge in [0.25, 0.3) is 0 Å². The zero-order valence-electron chi connectivity index (χ0n) is 15.0. The Bertz CT molecular complexity index is 1160. The number of benzene rings is 1. The van der Waals surface area contributed by atoms with Crippen molar-refractivity contribution in [3.8, 4) is 11.4 Å². The minimum atomic E-state index is -0.203. The van der Waals surface area contributed by atoms with Crippen molar-refractivity contribution < 1.29 is 4.39 Å². The molecule has 4 heterocycles. The molecule has 0 N–H and O–H groups in total. The fourth-order valence-corrected chi connectivity index (χ4v) is 4.19.